The Morgan fingerprint density at radius 1 is 1.03 bits per heavy atom. The molecule has 1 heterocycles. The number of benzene rings is 1. The predicted molar refractivity (Wildman–Crippen MR) is 115 cm³/mol. The minimum Gasteiger partial charge on any atom is -0.405 e. The second kappa shape index (κ2) is 7.33. The molecule has 6 nitrogen and oxygen atoms in total. The fourth-order valence-corrected chi connectivity index (χ4v) is 6.32. The molecule has 0 aliphatic heterocycles. The molecule has 5 aliphatic carbocycles. The highest BCUT2D eigenvalue weighted by atomic mass is 16.6. The van der Waals surface area contributed by atoms with Crippen molar-refractivity contribution in [3.05, 3.63) is 36.5 Å². The number of aromatic nitrogens is 2. The van der Waals surface area contributed by atoms with E-state index in [9.17, 15) is 4.79 Å². The number of hydrogen-bond acceptors (Lipinski definition) is 4. The van der Waals surface area contributed by atoms with E-state index in [4.69, 9.17) is 4.74 Å². The number of para-hydroxylation sites is 1. The number of amides is 1. The molecule has 1 aromatic heterocycles. The zero-order valence-corrected chi connectivity index (χ0v) is 17.3. The van der Waals surface area contributed by atoms with Gasteiger partial charge in [-0.15, -0.1) is 0 Å². The van der Waals surface area contributed by atoms with Gasteiger partial charge in [0.2, 0.25) is 0 Å². The van der Waals surface area contributed by atoms with E-state index in [1.54, 1.807) is 6.20 Å². The second-order valence-corrected chi connectivity index (χ2v) is 9.92. The van der Waals surface area contributed by atoms with Gasteiger partial charge in [0, 0.05) is 12.6 Å². The molecule has 5 aliphatic rings. The van der Waals surface area contributed by atoms with E-state index in [0.29, 0.717) is 23.5 Å². The Labute approximate surface area is 177 Å². The van der Waals surface area contributed by atoms with Crippen molar-refractivity contribution >= 4 is 11.9 Å². The van der Waals surface area contributed by atoms with Crippen LogP contribution in [0.25, 0.3) is 5.69 Å². The number of carbonyl (C=O) groups excluding carboxylic acids is 1. The van der Waals surface area contributed by atoms with E-state index < -0.39 is 0 Å². The molecular formula is C24H30N4O2. The van der Waals surface area contributed by atoms with Gasteiger partial charge in [-0.1, -0.05) is 18.2 Å². The first-order valence-electron chi connectivity index (χ1n) is 11.6. The molecule has 5 fully saturated rings. The molecule has 1 aromatic carbocycles. The minimum atomic E-state index is -0.338. The Morgan fingerprint density at radius 3 is 2.40 bits per heavy atom. The van der Waals surface area contributed by atoms with Crippen molar-refractivity contribution < 1.29 is 9.53 Å². The molecule has 5 saturated carbocycles. The van der Waals surface area contributed by atoms with Gasteiger partial charge < -0.3 is 15.4 Å². The Hall–Kier alpha value is -2.50. The van der Waals surface area contributed by atoms with Crippen molar-refractivity contribution in [1.29, 1.82) is 0 Å². The summed E-state index contributed by atoms with van der Waals surface area (Å²) in [5.41, 5.74) is 0.951. The van der Waals surface area contributed by atoms with E-state index in [1.165, 1.54) is 44.9 Å². The summed E-state index contributed by atoms with van der Waals surface area (Å²) in [4.78, 5) is 12.9. The summed E-state index contributed by atoms with van der Waals surface area (Å²) >= 11 is 0. The Balaban J connectivity index is 1.18. The lowest BCUT2D eigenvalue weighted by molar-refractivity contribution is -0.0114. The summed E-state index contributed by atoms with van der Waals surface area (Å²) < 4.78 is 7.64. The van der Waals surface area contributed by atoms with Crippen LogP contribution in [-0.2, 0) is 0 Å². The van der Waals surface area contributed by atoms with Crippen LogP contribution >= 0.6 is 0 Å². The number of hydrogen-bond donors (Lipinski definition) is 2. The fraction of sp³-hybridized carbons (Fsp3) is 0.583. The van der Waals surface area contributed by atoms with Gasteiger partial charge >= 0.3 is 6.09 Å². The lowest BCUT2D eigenvalue weighted by Gasteiger charge is -2.54. The van der Waals surface area contributed by atoms with Crippen LogP contribution in [0.3, 0.4) is 0 Å². The Morgan fingerprint density at radius 2 is 1.73 bits per heavy atom. The van der Waals surface area contributed by atoms with Gasteiger partial charge in [-0.25, -0.2) is 9.48 Å². The summed E-state index contributed by atoms with van der Waals surface area (Å²) in [6.07, 6.45) is 10.4. The number of ether oxygens (including phenoxy) is 1. The SMILES string of the molecule is O=C(NC1C2CC3CC(C2)CC1C3)Oc1cnn(-c2ccccc2)c1NCC1CC1. The molecule has 0 radical (unpaired) electrons. The van der Waals surface area contributed by atoms with Crippen molar-refractivity contribution in [2.75, 3.05) is 11.9 Å². The molecular weight excluding hydrogens is 376 g/mol. The molecule has 0 spiro atoms. The largest absolute Gasteiger partial charge is 0.413 e. The first-order chi connectivity index (χ1) is 14.7. The van der Waals surface area contributed by atoms with Crippen molar-refractivity contribution in [2.24, 2.45) is 29.6 Å². The number of carbonyl (C=O) groups is 1. The van der Waals surface area contributed by atoms with Gasteiger partial charge in [0.25, 0.3) is 0 Å². The van der Waals surface area contributed by atoms with Crippen molar-refractivity contribution in [3.8, 4) is 11.4 Å². The third-order valence-corrected chi connectivity index (χ3v) is 7.71. The average Bonchev–Trinajstić information content (AvgIpc) is 3.49. The molecule has 2 N–H and O–H groups in total. The van der Waals surface area contributed by atoms with E-state index in [0.717, 1.165) is 29.9 Å². The highest BCUT2D eigenvalue weighted by Gasteiger charge is 2.48. The standard InChI is InChI=1S/C24H30N4O2/c29-24(27-22-18-9-16-8-17(11-18)12-19(22)10-16)30-21-14-26-28(20-4-2-1-3-5-20)23(21)25-13-15-6-7-15/h1-5,14-19,22,25H,6-13H2,(H,27,29). The zero-order valence-electron chi connectivity index (χ0n) is 17.3. The van der Waals surface area contributed by atoms with Crippen LogP contribution < -0.4 is 15.4 Å². The van der Waals surface area contributed by atoms with E-state index in [2.05, 4.69) is 15.7 Å². The average molecular weight is 407 g/mol. The maximum Gasteiger partial charge on any atom is 0.413 e. The van der Waals surface area contributed by atoms with Gasteiger partial charge in [-0.05, 0) is 86.7 Å². The molecule has 158 valence electrons. The third kappa shape index (κ3) is 3.46. The smallest absolute Gasteiger partial charge is 0.405 e. The van der Waals surface area contributed by atoms with Gasteiger partial charge in [0.15, 0.2) is 11.6 Å². The normalized spacial score (nSPS) is 31.5. The lowest BCUT2D eigenvalue weighted by atomic mass is 9.54. The summed E-state index contributed by atoms with van der Waals surface area (Å²) in [5.74, 6) is 5.02. The van der Waals surface area contributed by atoms with Crippen LogP contribution in [0.5, 0.6) is 5.75 Å². The first-order valence-corrected chi connectivity index (χ1v) is 11.6. The number of nitrogens with one attached hydrogen (secondary N) is 2. The molecule has 4 bridgehead atoms. The second-order valence-electron chi connectivity index (χ2n) is 9.92. The Bertz CT molecular complexity index is 893. The number of anilines is 1. The summed E-state index contributed by atoms with van der Waals surface area (Å²) in [6.45, 7) is 0.881. The van der Waals surface area contributed by atoms with Gasteiger partial charge in [-0.2, -0.15) is 5.10 Å². The lowest BCUT2D eigenvalue weighted by Crippen LogP contribution is -2.56. The fourth-order valence-electron chi connectivity index (χ4n) is 6.32. The molecule has 30 heavy (non-hydrogen) atoms. The van der Waals surface area contributed by atoms with Crippen molar-refractivity contribution in [1.82, 2.24) is 15.1 Å². The molecule has 1 amide bonds. The maximum absolute atomic E-state index is 12.9. The zero-order chi connectivity index (χ0) is 20.1. The van der Waals surface area contributed by atoms with Crippen LogP contribution in [0, 0.1) is 29.6 Å². The first kappa shape index (κ1) is 18.3. The molecule has 0 unspecified atom stereocenters. The molecule has 2 aromatic rings. The minimum absolute atomic E-state index is 0.275. The van der Waals surface area contributed by atoms with Gasteiger partial charge in [-0.3, -0.25) is 0 Å². The monoisotopic (exact) mass is 406 g/mol. The number of nitrogens with zero attached hydrogens (tertiary/aromatic N) is 2. The van der Waals surface area contributed by atoms with Crippen LogP contribution in [0.4, 0.5) is 10.6 Å². The highest BCUT2D eigenvalue weighted by Crippen LogP contribution is 2.53. The summed E-state index contributed by atoms with van der Waals surface area (Å²) in [5, 5.41) is 11.2. The van der Waals surface area contributed by atoms with E-state index >= 15 is 0 Å². The topological polar surface area (TPSA) is 68.2 Å². The number of rotatable bonds is 6. The van der Waals surface area contributed by atoms with E-state index in [1.807, 2.05) is 35.0 Å². The van der Waals surface area contributed by atoms with Gasteiger partial charge in [0.05, 0.1) is 11.9 Å². The maximum atomic E-state index is 12.9. The predicted octanol–water partition coefficient (Wildman–Crippen LogP) is 4.61. The van der Waals surface area contributed by atoms with Crippen LogP contribution in [0.2, 0.25) is 0 Å². The van der Waals surface area contributed by atoms with Crippen molar-refractivity contribution in [2.45, 2.75) is 51.0 Å². The third-order valence-electron chi connectivity index (χ3n) is 7.71. The van der Waals surface area contributed by atoms with Crippen LogP contribution in [0.15, 0.2) is 36.5 Å². The highest BCUT2D eigenvalue weighted by molar-refractivity contribution is 5.73. The van der Waals surface area contributed by atoms with Crippen molar-refractivity contribution in [3.63, 3.8) is 0 Å². The Kier molecular flexibility index (Phi) is 4.46. The molecule has 7 rings (SSSR count). The quantitative estimate of drug-likeness (QED) is 0.735. The van der Waals surface area contributed by atoms with E-state index in [-0.39, 0.29) is 12.1 Å². The van der Waals surface area contributed by atoms with Crippen LogP contribution in [-0.4, -0.2) is 28.5 Å². The van der Waals surface area contributed by atoms with Gasteiger partial charge in [0.1, 0.15) is 0 Å². The summed E-state index contributed by atoms with van der Waals surface area (Å²) in [6, 6.07) is 10.3. The van der Waals surface area contributed by atoms with Crippen LogP contribution in [0.1, 0.15) is 44.9 Å². The molecule has 6 heteroatoms. The summed E-state index contributed by atoms with van der Waals surface area (Å²) in [7, 11) is 0. The molecule has 0 saturated heterocycles. The molecule has 0 atom stereocenters.